The number of carbonyl (C=O) groups is 1. The molecule has 1 N–H and O–H groups in total. The van der Waals surface area contributed by atoms with Crippen molar-refractivity contribution in [1.29, 1.82) is 0 Å². The summed E-state index contributed by atoms with van der Waals surface area (Å²) in [5.74, 6) is 0.184. The molecule has 1 aromatic carbocycles. The lowest BCUT2D eigenvalue weighted by molar-refractivity contribution is -0.123. The number of hydrogen-bond donors (Lipinski definition) is 1. The van der Waals surface area contributed by atoms with Crippen molar-refractivity contribution >= 4 is 5.91 Å². The first kappa shape index (κ1) is 13.6. The number of likely N-dealkylation sites (N-methyl/N-ethyl adjacent to an activating group) is 1. The largest absolute Gasteiger partial charge is 0.352 e. The van der Waals surface area contributed by atoms with E-state index in [1.807, 2.05) is 0 Å². The number of rotatable bonds is 4. The molecule has 2 aliphatic rings. The van der Waals surface area contributed by atoms with Gasteiger partial charge in [-0.15, -0.1) is 0 Å². The molecular formula is C17H24N2O. The number of carbonyl (C=O) groups excluding carboxylic acids is 1. The minimum absolute atomic E-state index is 0.184. The molecule has 1 fully saturated rings. The lowest BCUT2D eigenvalue weighted by atomic mass is 10.1. The van der Waals surface area contributed by atoms with Crippen molar-refractivity contribution in [3.05, 3.63) is 35.4 Å². The quantitative estimate of drug-likeness (QED) is 0.914. The van der Waals surface area contributed by atoms with Crippen molar-refractivity contribution in [2.45, 2.75) is 50.6 Å². The second-order valence-corrected chi connectivity index (χ2v) is 6.22. The third-order valence-corrected chi connectivity index (χ3v) is 4.75. The monoisotopic (exact) mass is 272 g/mol. The highest BCUT2D eigenvalue weighted by Gasteiger charge is 2.27. The van der Waals surface area contributed by atoms with Crippen molar-refractivity contribution in [1.82, 2.24) is 10.2 Å². The van der Waals surface area contributed by atoms with E-state index in [1.54, 1.807) is 0 Å². The van der Waals surface area contributed by atoms with Gasteiger partial charge in [0.1, 0.15) is 0 Å². The maximum Gasteiger partial charge on any atom is 0.234 e. The highest BCUT2D eigenvalue weighted by molar-refractivity contribution is 5.78. The fourth-order valence-electron chi connectivity index (χ4n) is 3.67. The van der Waals surface area contributed by atoms with Crippen molar-refractivity contribution < 1.29 is 4.79 Å². The SMILES string of the molecule is CN(CC(=O)NC1CCCC1)C1CCc2ccccc21. The van der Waals surface area contributed by atoms with Gasteiger partial charge in [0.25, 0.3) is 0 Å². The summed E-state index contributed by atoms with van der Waals surface area (Å²) in [7, 11) is 2.07. The average molecular weight is 272 g/mol. The second kappa shape index (κ2) is 5.96. The van der Waals surface area contributed by atoms with Crippen LogP contribution in [0.3, 0.4) is 0 Å². The molecule has 0 spiro atoms. The summed E-state index contributed by atoms with van der Waals surface area (Å²) in [6, 6.07) is 9.45. The number of hydrogen-bond acceptors (Lipinski definition) is 2. The number of fused-ring (bicyclic) bond motifs is 1. The van der Waals surface area contributed by atoms with Crippen molar-refractivity contribution in [2.24, 2.45) is 0 Å². The Hall–Kier alpha value is -1.35. The summed E-state index contributed by atoms with van der Waals surface area (Å²) in [5.41, 5.74) is 2.85. The highest BCUT2D eigenvalue weighted by atomic mass is 16.2. The van der Waals surface area contributed by atoms with Crippen LogP contribution in [-0.2, 0) is 11.2 Å². The summed E-state index contributed by atoms with van der Waals surface area (Å²) >= 11 is 0. The van der Waals surface area contributed by atoms with Crippen LogP contribution in [0.5, 0.6) is 0 Å². The maximum atomic E-state index is 12.1. The van der Waals surface area contributed by atoms with Gasteiger partial charge in [-0.2, -0.15) is 0 Å². The Morgan fingerprint density at radius 3 is 2.80 bits per heavy atom. The topological polar surface area (TPSA) is 32.3 Å². The van der Waals surface area contributed by atoms with Crippen LogP contribution in [0, 0.1) is 0 Å². The smallest absolute Gasteiger partial charge is 0.234 e. The van der Waals surface area contributed by atoms with Gasteiger partial charge in [-0.1, -0.05) is 37.1 Å². The molecule has 2 aliphatic carbocycles. The zero-order chi connectivity index (χ0) is 13.9. The van der Waals surface area contributed by atoms with Gasteiger partial charge in [-0.05, 0) is 43.9 Å². The highest BCUT2D eigenvalue weighted by Crippen LogP contribution is 2.34. The lowest BCUT2D eigenvalue weighted by Crippen LogP contribution is -2.40. The Morgan fingerprint density at radius 2 is 2.00 bits per heavy atom. The fourth-order valence-corrected chi connectivity index (χ4v) is 3.67. The predicted octanol–water partition coefficient (Wildman–Crippen LogP) is 2.66. The van der Waals surface area contributed by atoms with Gasteiger partial charge in [0.15, 0.2) is 0 Å². The summed E-state index contributed by atoms with van der Waals surface area (Å²) < 4.78 is 0. The molecule has 1 atom stereocenters. The first-order valence-electron chi connectivity index (χ1n) is 7.81. The number of nitrogens with one attached hydrogen (secondary N) is 1. The predicted molar refractivity (Wildman–Crippen MR) is 80.5 cm³/mol. The van der Waals surface area contributed by atoms with E-state index >= 15 is 0 Å². The molecule has 0 saturated heterocycles. The standard InChI is InChI=1S/C17H24N2O/c1-19(12-17(20)18-14-7-3-4-8-14)16-11-10-13-6-2-5-9-15(13)16/h2,5-6,9,14,16H,3-4,7-8,10-12H2,1H3,(H,18,20). The summed E-state index contributed by atoms with van der Waals surface area (Å²) in [6.45, 7) is 0.509. The molecule has 0 aromatic heterocycles. The van der Waals surface area contributed by atoms with Crippen molar-refractivity contribution in [3.8, 4) is 0 Å². The molecule has 20 heavy (non-hydrogen) atoms. The zero-order valence-electron chi connectivity index (χ0n) is 12.3. The molecule has 1 aromatic rings. The van der Waals surface area contributed by atoms with E-state index in [2.05, 4.69) is 41.5 Å². The Kier molecular flexibility index (Phi) is 4.06. The van der Waals surface area contributed by atoms with Gasteiger partial charge in [0.05, 0.1) is 6.54 Å². The van der Waals surface area contributed by atoms with Gasteiger partial charge in [0.2, 0.25) is 5.91 Å². The zero-order valence-corrected chi connectivity index (χ0v) is 12.3. The van der Waals surface area contributed by atoms with Gasteiger partial charge >= 0.3 is 0 Å². The van der Waals surface area contributed by atoms with E-state index in [1.165, 1.54) is 24.0 Å². The molecule has 3 heteroatoms. The van der Waals surface area contributed by atoms with Gasteiger partial charge in [-0.25, -0.2) is 0 Å². The third-order valence-electron chi connectivity index (χ3n) is 4.75. The second-order valence-electron chi connectivity index (χ2n) is 6.22. The molecule has 1 amide bonds. The van der Waals surface area contributed by atoms with E-state index < -0.39 is 0 Å². The Morgan fingerprint density at radius 1 is 1.25 bits per heavy atom. The minimum atomic E-state index is 0.184. The fraction of sp³-hybridized carbons (Fsp3) is 0.588. The summed E-state index contributed by atoms with van der Waals surface area (Å²) in [5, 5.41) is 3.18. The van der Waals surface area contributed by atoms with Gasteiger partial charge in [0, 0.05) is 12.1 Å². The van der Waals surface area contributed by atoms with Gasteiger partial charge in [-0.3, -0.25) is 9.69 Å². The molecule has 3 nitrogen and oxygen atoms in total. The van der Waals surface area contributed by atoms with E-state index in [4.69, 9.17) is 0 Å². The van der Waals surface area contributed by atoms with Crippen LogP contribution in [0.1, 0.15) is 49.3 Å². The first-order valence-corrected chi connectivity index (χ1v) is 7.81. The average Bonchev–Trinajstić information content (AvgIpc) is 3.07. The summed E-state index contributed by atoms with van der Waals surface area (Å²) in [6.07, 6.45) is 7.10. The minimum Gasteiger partial charge on any atom is -0.352 e. The van der Waals surface area contributed by atoms with Crippen LogP contribution in [0.15, 0.2) is 24.3 Å². The lowest BCUT2D eigenvalue weighted by Gasteiger charge is -2.25. The van der Waals surface area contributed by atoms with Crippen molar-refractivity contribution in [3.63, 3.8) is 0 Å². The van der Waals surface area contributed by atoms with Crippen molar-refractivity contribution in [2.75, 3.05) is 13.6 Å². The van der Waals surface area contributed by atoms with Crippen LogP contribution in [0.4, 0.5) is 0 Å². The van der Waals surface area contributed by atoms with Gasteiger partial charge < -0.3 is 5.32 Å². The molecule has 0 heterocycles. The molecule has 108 valence electrons. The number of amides is 1. The first-order chi connectivity index (χ1) is 9.74. The molecule has 0 radical (unpaired) electrons. The van der Waals surface area contributed by atoms with Crippen LogP contribution >= 0.6 is 0 Å². The van der Waals surface area contributed by atoms with Crippen LogP contribution in [0.2, 0.25) is 0 Å². The third kappa shape index (κ3) is 2.88. The van der Waals surface area contributed by atoms with Crippen LogP contribution in [-0.4, -0.2) is 30.4 Å². The van der Waals surface area contributed by atoms with E-state index in [-0.39, 0.29) is 5.91 Å². The molecular weight excluding hydrogens is 248 g/mol. The molecule has 0 bridgehead atoms. The molecule has 1 unspecified atom stereocenters. The van der Waals surface area contributed by atoms with E-state index in [0.717, 1.165) is 25.7 Å². The Labute approximate surface area is 121 Å². The Balaban J connectivity index is 1.57. The molecule has 3 rings (SSSR count). The maximum absolute atomic E-state index is 12.1. The van der Waals surface area contributed by atoms with E-state index in [0.29, 0.717) is 18.6 Å². The van der Waals surface area contributed by atoms with E-state index in [9.17, 15) is 4.79 Å². The normalized spacial score (nSPS) is 22.2. The number of benzene rings is 1. The molecule has 0 aliphatic heterocycles. The number of aryl methyl sites for hydroxylation is 1. The molecule has 1 saturated carbocycles. The number of nitrogens with zero attached hydrogens (tertiary/aromatic N) is 1. The van der Waals surface area contributed by atoms with Crippen LogP contribution in [0.25, 0.3) is 0 Å². The van der Waals surface area contributed by atoms with Crippen LogP contribution < -0.4 is 5.32 Å². The Bertz CT molecular complexity index is 480. The summed E-state index contributed by atoms with van der Waals surface area (Å²) in [4.78, 5) is 14.3.